The van der Waals surface area contributed by atoms with Gasteiger partial charge in [0, 0.05) is 16.8 Å². The monoisotopic (exact) mass is 262 g/mol. The van der Waals surface area contributed by atoms with Crippen molar-refractivity contribution in [3.05, 3.63) is 46.6 Å². The fourth-order valence-corrected chi connectivity index (χ4v) is 1.97. The summed E-state index contributed by atoms with van der Waals surface area (Å²) in [5.41, 5.74) is 8.06. The molecule has 92 valence electrons. The van der Waals surface area contributed by atoms with Crippen LogP contribution in [0.5, 0.6) is 0 Å². The van der Waals surface area contributed by atoms with E-state index in [2.05, 4.69) is 4.98 Å². The van der Waals surface area contributed by atoms with Crippen molar-refractivity contribution >= 4 is 23.4 Å². The van der Waals surface area contributed by atoms with Gasteiger partial charge in [-0.2, -0.15) is 0 Å². The highest BCUT2D eigenvalue weighted by Gasteiger charge is 2.12. The van der Waals surface area contributed by atoms with Gasteiger partial charge in [0.15, 0.2) is 0 Å². The molecule has 0 fully saturated rings. The highest BCUT2D eigenvalue weighted by Crippen LogP contribution is 2.27. The fraction of sp³-hybridized carbons (Fsp3) is 0.0769. The summed E-state index contributed by atoms with van der Waals surface area (Å²) < 4.78 is 0. The smallest absolute Gasteiger partial charge is 0.339 e. The molecule has 0 atom stereocenters. The molecule has 0 aliphatic heterocycles. The number of hydrogen-bond donors (Lipinski definition) is 2. The molecule has 0 aliphatic rings. The Bertz CT molecular complexity index is 626. The SMILES string of the molecule is Cc1cc(Cl)ccc1-c1cnc(N)c(C(=O)O)c1. The molecule has 0 radical (unpaired) electrons. The Kier molecular flexibility index (Phi) is 3.21. The number of aromatic nitrogens is 1. The number of pyridine rings is 1. The molecule has 0 saturated carbocycles. The van der Waals surface area contributed by atoms with E-state index in [0.29, 0.717) is 10.6 Å². The predicted molar refractivity (Wildman–Crippen MR) is 70.8 cm³/mol. The first-order valence-electron chi connectivity index (χ1n) is 5.24. The number of nitrogens with two attached hydrogens (primary N) is 1. The van der Waals surface area contributed by atoms with E-state index in [4.69, 9.17) is 22.4 Å². The Morgan fingerprint density at radius 3 is 2.72 bits per heavy atom. The quantitative estimate of drug-likeness (QED) is 0.872. The maximum Gasteiger partial charge on any atom is 0.339 e. The van der Waals surface area contributed by atoms with Crippen LogP contribution in [0.25, 0.3) is 11.1 Å². The van der Waals surface area contributed by atoms with Gasteiger partial charge in [0.2, 0.25) is 0 Å². The van der Waals surface area contributed by atoms with Gasteiger partial charge in [-0.05, 0) is 36.2 Å². The number of halogens is 1. The van der Waals surface area contributed by atoms with E-state index in [1.807, 2.05) is 19.1 Å². The van der Waals surface area contributed by atoms with E-state index >= 15 is 0 Å². The average Bonchev–Trinajstić information content (AvgIpc) is 2.30. The second-order valence-corrected chi connectivity index (χ2v) is 4.36. The second kappa shape index (κ2) is 4.66. The van der Waals surface area contributed by atoms with Crippen molar-refractivity contribution < 1.29 is 9.90 Å². The molecule has 0 unspecified atom stereocenters. The molecule has 0 aliphatic carbocycles. The van der Waals surface area contributed by atoms with Crippen molar-refractivity contribution in [2.45, 2.75) is 6.92 Å². The van der Waals surface area contributed by atoms with Crippen molar-refractivity contribution in [2.24, 2.45) is 0 Å². The van der Waals surface area contributed by atoms with Gasteiger partial charge >= 0.3 is 5.97 Å². The van der Waals surface area contributed by atoms with Gasteiger partial charge in [-0.1, -0.05) is 17.7 Å². The molecular weight excluding hydrogens is 252 g/mol. The standard InChI is InChI=1S/C13H11ClN2O2/c1-7-4-9(14)2-3-10(7)8-5-11(13(17)18)12(15)16-6-8/h2-6H,1H3,(H2,15,16)(H,17,18). The number of nitrogens with zero attached hydrogens (tertiary/aromatic N) is 1. The summed E-state index contributed by atoms with van der Waals surface area (Å²) in [5, 5.41) is 9.65. The zero-order valence-corrected chi connectivity index (χ0v) is 10.4. The van der Waals surface area contributed by atoms with Crippen molar-refractivity contribution in [2.75, 3.05) is 5.73 Å². The summed E-state index contributed by atoms with van der Waals surface area (Å²) in [6.45, 7) is 1.90. The van der Waals surface area contributed by atoms with Gasteiger partial charge in [-0.25, -0.2) is 9.78 Å². The molecule has 0 amide bonds. The van der Waals surface area contributed by atoms with Gasteiger partial charge in [-0.3, -0.25) is 0 Å². The first-order valence-corrected chi connectivity index (χ1v) is 5.62. The molecule has 3 N–H and O–H groups in total. The van der Waals surface area contributed by atoms with E-state index in [9.17, 15) is 4.79 Å². The molecule has 4 nitrogen and oxygen atoms in total. The Morgan fingerprint density at radius 1 is 1.39 bits per heavy atom. The van der Waals surface area contributed by atoms with Crippen LogP contribution in [0.2, 0.25) is 5.02 Å². The van der Waals surface area contributed by atoms with Crippen LogP contribution in [-0.2, 0) is 0 Å². The number of aromatic carboxylic acids is 1. The number of carboxylic acid groups (broad SMARTS) is 1. The molecule has 1 aromatic heterocycles. The molecule has 2 rings (SSSR count). The van der Waals surface area contributed by atoms with Crippen LogP contribution < -0.4 is 5.73 Å². The lowest BCUT2D eigenvalue weighted by Gasteiger charge is -2.08. The zero-order valence-electron chi connectivity index (χ0n) is 9.64. The van der Waals surface area contributed by atoms with Crippen LogP contribution >= 0.6 is 11.6 Å². The lowest BCUT2D eigenvalue weighted by molar-refractivity contribution is 0.0697. The van der Waals surface area contributed by atoms with E-state index in [0.717, 1.165) is 11.1 Å². The summed E-state index contributed by atoms with van der Waals surface area (Å²) in [4.78, 5) is 14.9. The Hall–Kier alpha value is -2.07. The van der Waals surface area contributed by atoms with Crippen LogP contribution in [0.4, 0.5) is 5.82 Å². The van der Waals surface area contributed by atoms with E-state index in [-0.39, 0.29) is 11.4 Å². The molecule has 0 spiro atoms. The second-order valence-electron chi connectivity index (χ2n) is 3.92. The third kappa shape index (κ3) is 2.28. The first-order chi connectivity index (χ1) is 8.49. The summed E-state index contributed by atoms with van der Waals surface area (Å²) >= 11 is 5.88. The lowest BCUT2D eigenvalue weighted by Crippen LogP contribution is -2.04. The predicted octanol–water partition coefficient (Wildman–Crippen LogP) is 2.99. The summed E-state index contributed by atoms with van der Waals surface area (Å²) in [7, 11) is 0. The van der Waals surface area contributed by atoms with E-state index in [1.165, 1.54) is 6.07 Å². The van der Waals surface area contributed by atoms with Gasteiger partial charge in [0.25, 0.3) is 0 Å². The third-order valence-corrected chi connectivity index (χ3v) is 2.88. The van der Waals surface area contributed by atoms with E-state index in [1.54, 1.807) is 12.3 Å². The summed E-state index contributed by atoms with van der Waals surface area (Å²) in [6, 6.07) is 6.91. The van der Waals surface area contributed by atoms with Crippen LogP contribution in [0.1, 0.15) is 15.9 Å². The maximum absolute atomic E-state index is 11.0. The van der Waals surface area contributed by atoms with Crippen LogP contribution in [0, 0.1) is 6.92 Å². The molecule has 2 aromatic rings. The van der Waals surface area contributed by atoms with Crippen molar-refractivity contribution in [3.8, 4) is 11.1 Å². The van der Waals surface area contributed by atoms with Crippen molar-refractivity contribution in [3.63, 3.8) is 0 Å². The summed E-state index contributed by atoms with van der Waals surface area (Å²) in [6.07, 6.45) is 1.55. The molecule has 5 heteroatoms. The molecule has 1 aromatic carbocycles. The van der Waals surface area contributed by atoms with Crippen molar-refractivity contribution in [1.82, 2.24) is 4.98 Å². The average molecular weight is 263 g/mol. The Morgan fingerprint density at radius 2 is 2.11 bits per heavy atom. The van der Waals surface area contributed by atoms with Gasteiger partial charge in [-0.15, -0.1) is 0 Å². The molecule has 0 saturated heterocycles. The zero-order chi connectivity index (χ0) is 13.3. The van der Waals surface area contributed by atoms with Gasteiger partial charge in [0.05, 0.1) is 0 Å². The number of carbonyl (C=O) groups is 1. The largest absolute Gasteiger partial charge is 0.478 e. The van der Waals surface area contributed by atoms with E-state index < -0.39 is 5.97 Å². The minimum atomic E-state index is -1.09. The molecule has 18 heavy (non-hydrogen) atoms. The number of benzene rings is 1. The highest BCUT2D eigenvalue weighted by molar-refractivity contribution is 6.30. The number of rotatable bonds is 2. The highest BCUT2D eigenvalue weighted by atomic mass is 35.5. The minimum Gasteiger partial charge on any atom is -0.478 e. The Balaban J connectivity index is 2.58. The fourth-order valence-electron chi connectivity index (χ4n) is 1.74. The van der Waals surface area contributed by atoms with Crippen LogP contribution in [-0.4, -0.2) is 16.1 Å². The Labute approximate surface area is 109 Å². The molecule has 1 heterocycles. The molecular formula is C13H11ClN2O2. The van der Waals surface area contributed by atoms with Crippen LogP contribution in [0.3, 0.4) is 0 Å². The summed E-state index contributed by atoms with van der Waals surface area (Å²) in [5.74, 6) is -1.08. The topological polar surface area (TPSA) is 76.2 Å². The first kappa shape index (κ1) is 12.4. The van der Waals surface area contributed by atoms with Crippen LogP contribution in [0.15, 0.2) is 30.5 Å². The van der Waals surface area contributed by atoms with Gasteiger partial charge < -0.3 is 10.8 Å². The van der Waals surface area contributed by atoms with Crippen molar-refractivity contribution in [1.29, 1.82) is 0 Å². The third-order valence-electron chi connectivity index (χ3n) is 2.65. The number of aryl methyl sites for hydroxylation is 1. The maximum atomic E-state index is 11.0. The lowest BCUT2D eigenvalue weighted by atomic mass is 10.0. The number of nitrogen functional groups attached to an aromatic ring is 1. The minimum absolute atomic E-state index is 0.00171. The number of hydrogen-bond acceptors (Lipinski definition) is 3. The number of carboxylic acids is 1. The normalized spacial score (nSPS) is 10.3. The number of anilines is 1. The molecule has 0 bridgehead atoms. The van der Waals surface area contributed by atoms with Gasteiger partial charge in [0.1, 0.15) is 11.4 Å².